The highest BCUT2D eigenvalue weighted by atomic mass is 32.1. The van der Waals surface area contributed by atoms with Crippen LogP contribution in [0, 0.1) is 26.7 Å². The molecular weight excluding hydrogens is 815 g/mol. The van der Waals surface area contributed by atoms with Crippen molar-refractivity contribution in [2.75, 3.05) is 50.7 Å². The van der Waals surface area contributed by atoms with Gasteiger partial charge in [-0.3, -0.25) is 19.3 Å². The molecule has 328 valence electrons. The SMILES string of the molecule is Cc1sc2c(c1C)C(c1ccc(C3CN(CC4(O)CCN(C(=O)C5CN(c6ccc([C@@H]7c8ccc(O)cc8CC[C@@H]7c7ccccc7)cc6)C5)CC4)C3)cc1)=N[C@@H](C)c1nnc(C)n1-2. The van der Waals surface area contributed by atoms with Crippen molar-refractivity contribution in [2.45, 2.75) is 82.8 Å². The van der Waals surface area contributed by atoms with Gasteiger partial charge in [0.1, 0.15) is 22.6 Å². The minimum absolute atomic E-state index is 0.0160. The molecule has 6 heterocycles. The van der Waals surface area contributed by atoms with Crippen LogP contribution < -0.4 is 4.90 Å². The van der Waals surface area contributed by atoms with E-state index >= 15 is 0 Å². The van der Waals surface area contributed by atoms with Crippen LogP contribution >= 0.6 is 11.3 Å². The molecule has 10 nitrogen and oxygen atoms in total. The molecule has 4 aromatic carbocycles. The summed E-state index contributed by atoms with van der Waals surface area (Å²) in [5.74, 6) is 3.30. The number of aromatic nitrogens is 3. The number of β-amino-alcohol motifs (C(OH)–C–C–N with tert-alkyl or cyclic N) is 1. The number of benzene rings is 4. The number of phenolic OH excluding ortho intramolecular Hbond substituents is 1. The fraction of sp³-hybridized carbons (Fsp3) is 0.396. The molecule has 0 bridgehead atoms. The van der Waals surface area contributed by atoms with Crippen molar-refractivity contribution in [2.24, 2.45) is 10.9 Å². The van der Waals surface area contributed by atoms with Gasteiger partial charge in [0, 0.05) is 79.3 Å². The number of thiophene rings is 1. The zero-order valence-corrected chi connectivity index (χ0v) is 38.1. The molecule has 1 aliphatic carbocycles. The number of carbonyl (C=O) groups excluding carboxylic acids is 1. The van der Waals surface area contributed by atoms with Crippen molar-refractivity contribution >= 4 is 28.6 Å². The van der Waals surface area contributed by atoms with Crippen LogP contribution in [0.15, 0.2) is 102 Å². The number of hydrogen-bond acceptors (Lipinski definition) is 9. The first-order valence-corrected chi connectivity index (χ1v) is 24.0. The Balaban J connectivity index is 0.670. The molecule has 11 rings (SSSR count). The van der Waals surface area contributed by atoms with E-state index in [1.165, 1.54) is 43.8 Å². The van der Waals surface area contributed by atoms with Crippen molar-refractivity contribution < 1.29 is 15.0 Å². The van der Waals surface area contributed by atoms with E-state index in [1.807, 2.05) is 24.0 Å². The number of aromatic hydroxyl groups is 1. The summed E-state index contributed by atoms with van der Waals surface area (Å²) in [6.45, 7) is 13.6. The van der Waals surface area contributed by atoms with Crippen LogP contribution in [0.3, 0.4) is 0 Å². The number of piperidine rings is 1. The number of phenols is 1. The maximum Gasteiger partial charge on any atom is 0.229 e. The molecule has 0 saturated carbocycles. The summed E-state index contributed by atoms with van der Waals surface area (Å²) in [5, 5.41) is 32.0. The Morgan fingerprint density at radius 1 is 0.844 bits per heavy atom. The largest absolute Gasteiger partial charge is 0.508 e. The lowest BCUT2D eigenvalue weighted by atomic mass is 9.69. The number of fused-ring (bicyclic) bond motifs is 4. The predicted molar refractivity (Wildman–Crippen MR) is 253 cm³/mol. The first-order valence-electron chi connectivity index (χ1n) is 23.2. The molecule has 2 aromatic heterocycles. The first kappa shape index (κ1) is 41.1. The average molecular weight is 872 g/mol. The minimum Gasteiger partial charge on any atom is -0.508 e. The van der Waals surface area contributed by atoms with Crippen molar-refractivity contribution in [3.8, 4) is 10.8 Å². The Morgan fingerprint density at radius 3 is 2.30 bits per heavy atom. The molecule has 3 saturated heterocycles. The van der Waals surface area contributed by atoms with Gasteiger partial charge in [-0.1, -0.05) is 72.8 Å². The number of hydrogen-bond donors (Lipinski definition) is 2. The third kappa shape index (κ3) is 7.26. The summed E-state index contributed by atoms with van der Waals surface area (Å²) in [7, 11) is 0. The van der Waals surface area contributed by atoms with Crippen molar-refractivity contribution in [1.29, 1.82) is 0 Å². The van der Waals surface area contributed by atoms with E-state index in [4.69, 9.17) is 4.99 Å². The molecule has 3 atom stereocenters. The Morgan fingerprint density at radius 2 is 1.56 bits per heavy atom. The van der Waals surface area contributed by atoms with Crippen LogP contribution in [0.25, 0.3) is 5.00 Å². The topological polar surface area (TPSA) is 110 Å². The maximum atomic E-state index is 13.7. The summed E-state index contributed by atoms with van der Waals surface area (Å²) in [4.78, 5) is 26.9. The maximum absolute atomic E-state index is 13.7. The van der Waals surface area contributed by atoms with E-state index < -0.39 is 5.60 Å². The van der Waals surface area contributed by atoms with E-state index in [9.17, 15) is 15.0 Å². The number of rotatable bonds is 8. The zero-order chi connectivity index (χ0) is 43.9. The first-order chi connectivity index (χ1) is 31.0. The molecule has 0 radical (unpaired) electrons. The summed E-state index contributed by atoms with van der Waals surface area (Å²) >= 11 is 1.79. The zero-order valence-electron chi connectivity index (χ0n) is 37.2. The van der Waals surface area contributed by atoms with Gasteiger partial charge in [-0.25, -0.2) is 0 Å². The van der Waals surface area contributed by atoms with E-state index in [0.29, 0.717) is 50.1 Å². The number of likely N-dealkylation sites (tertiary alicyclic amines) is 2. The lowest BCUT2D eigenvalue weighted by Gasteiger charge is -2.48. The molecule has 4 aliphatic heterocycles. The molecule has 0 spiro atoms. The Bertz CT molecular complexity index is 2740. The van der Waals surface area contributed by atoms with E-state index in [0.717, 1.165) is 72.6 Å². The molecule has 1 amide bonds. The van der Waals surface area contributed by atoms with Gasteiger partial charge in [0.25, 0.3) is 0 Å². The molecule has 6 aromatic rings. The van der Waals surface area contributed by atoms with Gasteiger partial charge < -0.3 is 20.0 Å². The number of anilines is 1. The highest BCUT2D eigenvalue weighted by molar-refractivity contribution is 7.15. The van der Waals surface area contributed by atoms with Gasteiger partial charge in [0.2, 0.25) is 5.91 Å². The van der Waals surface area contributed by atoms with Crippen LogP contribution in [0.5, 0.6) is 5.75 Å². The lowest BCUT2D eigenvalue weighted by molar-refractivity contribution is -0.141. The number of aryl methyl sites for hydroxylation is 3. The lowest BCUT2D eigenvalue weighted by Crippen LogP contribution is -2.59. The second-order valence-electron chi connectivity index (χ2n) is 19.2. The second kappa shape index (κ2) is 16.1. The Labute approximate surface area is 379 Å². The molecule has 0 unspecified atom stereocenters. The Kier molecular flexibility index (Phi) is 10.4. The molecular formula is C53H57N7O3S. The number of nitrogens with zero attached hydrogens (tertiary/aromatic N) is 7. The number of amides is 1. The highest BCUT2D eigenvalue weighted by Gasteiger charge is 2.42. The predicted octanol–water partition coefficient (Wildman–Crippen LogP) is 8.62. The van der Waals surface area contributed by atoms with E-state index in [1.54, 1.807) is 11.3 Å². The van der Waals surface area contributed by atoms with Crippen LogP contribution in [-0.2, 0) is 11.2 Å². The van der Waals surface area contributed by atoms with Crippen molar-refractivity contribution in [3.63, 3.8) is 0 Å². The summed E-state index contributed by atoms with van der Waals surface area (Å²) in [6, 6.07) is 34.5. The van der Waals surface area contributed by atoms with Gasteiger partial charge in [0.05, 0.1) is 17.2 Å². The molecule has 3 fully saturated rings. The van der Waals surface area contributed by atoms with Crippen molar-refractivity contribution in [3.05, 3.63) is 158 Å². The van der Waals surface area contributed by atoms with Crippen LogP contribution in [0.1, 0.15) is 111 Å². The third-order valence-electron chi connectivity index (χ3n) is 15.2. The number of aliphatic hydroxyl groups is 1. The smallest absolute Gasteiger partial charge is 0.229 e. The number of carbonyl (C=O) groups is 1. The fourth-order valence-corrected chi connectivity index (χ4v) is 12.5. The monoisotopic (exact) mass is 871 g/mol. The molecule has 11 heteroatoms. The Hall–Kier alpha value is -5.62. The molecule has 2 N–H and O–H groups in total. The van der Waals surface area contributed by atoms with Gasteiger partial charge in [-0.05, 0) is 117 Å². The van der Waals surface area contributed by atoms with Gasteiger partial charge in [-0.2, -0.15) is 0 Å². The van der Waals surface area contributed by atoms with Gasteiger partial charge in [0.15, 0.2) is 5.82 Å². The fourth-order valence-electron chi connectivity index (χ4n) is 11.3. The summed E-state index contributed by atoms with van der Waals surface area (Å²) in [6.07, 6.45) is 3.21. The third-order valence-corrected chi connectivity index (χ3v) is 16.3. The normalized spacial score (nSPS) is 22.1. The quantitative estimate of drug-likeness (QED) is 0.158. The van der Waals surface area contributed by atoms with Crippen molar-refractivity contribution in [1.82, 2.24) is 24.6 Å². The average Bonchev–Trinajstić information content (AvgIpc) is 3.77. The van der Waals surface area contributed by atoms with E-state index in [-0.39, 0.29) is 23.8 Å². The standard InChI is InChI=1S/C53H57N7O3S/c1-32-34(3)64-52-47(32)49(54-33(2)50-56-55-35(4)60(50)52)39-12-10-36(11-13-39)41-27-57(28-41)31-53(63)22-24-58(25-23-53)51(62)42-29-59(30-42)43-17-14-38(15-18-43)48-45(37-8-6-5-7-9-37)20-16-40-26-44(61)19-21-46(40)48/h5-15,17-19,21,26,33,41-42,45,48,61,63H,16,20,22-25,27-31H2,1-4H3/t33-,45+,48-/m0/s1. The van der Waals surface area contributed by atoms with Crippen LogP contribution in [-0.4, -0.2) is 97.8 Å². The summed E-state index contributed by atoms with van der Waals surface area (Å²) < 4.78 is 2.18. The number of aliphatic imine (C=N–C) groups is 1. The highest BCUT2D eigenvalue weighted by Crippen LogP contribution is 2.47. The minimum atomic E-state index is -0.776. The summed E-state index contributed by atoms with van der Waals surface area (Å²) in [5.41, 5.74) is 11.4. The van der Waals surface area contributed by atoms with Crippen LogP contribution in [0.2, 0.25) is 0 Å². The second-order valence-corrected chi connectivity index (χ2v) is 20.4. The van der Waals surface area contributed by atoms with E-state index in [2.05, 4.69) is 130 Å². The van der Waals surface area contributed by atoms with Crippen LogP contribution in [0.4, 0.5) is 5.69 Å². The molecule has 5 aliphatic rings. The molecule has 64 heavy (non-hydrogen) atoms. The van der Waals surface area contributed by atoms with Gasteiger partial charge >= 0.3 is 0 Å². The van der Waals surface area contributed by atoms with Gasteiger partial charge in [-0.15, -0.1) is 21.5 Å².